The van der Waals surface area contributed by atoms with E-state index in [2.05, 4.69) is 10.3 Å². The summed E-state index contributed by atoms with van der Waals surface area (Å²) in [6.45, 7) is 2.87. The van der Waals surface area contributed by atoms with Gasteiger partial charge in [-0.1, -0.05) is 0 Å². The monoisotopic (exact) mass is 237 g/mol. The summed E-state index contributed by atoms with van der Waals surface area (Å²) in [6, 6.07) is 0.519. The number of thiazole rings is 1. The topological polar surface area (TPSA) is 45.2 Å². The lowest BCUT2D eigenvalue weighted by Gasteiger charge is -2.24. The van der Waals surface area contributed by atoms with Crippen molar-refractivity contribution in [3.8, 4) is 0 Å². The second kappa shape index (κ2) is 4.14. The summed E-state index contributed by atoms with van der Waals surface area (Å²) < 4.78 is 0. The van der Waals surface area contributed by atoms with E-state index in [0.717, 1.165) is 24.5 Å². The molecule has 2 aliphatic rings. The van der Waals surface area contributed by atoms with E-state index in [-0.39, 0.29) is 5.91 Å². The first-order chi connectivity index (χ1) is 7.84. The Morgan fingerprint density at radius 3 is 3.25 bits per heavy atom. The van der Waals surface area contributed by atoms with Crippen molar-refractivity contribution in [1.82, 2.24) is 15.2 Å². The predicted octanol–water partition coefficient (Wildman–Crippen LogP) is 0.967. The van der Waals surface area contributed by atoms with Gasteiger partial charge in [-0.05, 0) is 25.3 Å². The molecule has 0 bridgehead atoms. The molecule has 0 aromatic carbocycles. The first-order valence-corrected chi connectivity index (χ1v) is 6.64. The Labute approximate surface area is 98.7 Å². The van der Waals surface area contributed by atoms with Gasteiger partial charge < -0.3 is 10.2 Å². The molecular formula is C11H15N3OS. The van der Waals surface area contributed by atoms with Gasteiger partial charge in [-0.3, -0.25) is 9.78 Å². The van der Waals surface area contributed by atoms with Crippen LogP contribution in [-0.4, -0.2) is 41.5 Å². The van der Waals surface area contributed by atoms with Gasteiger partial charge in [0.1, 0.15) is 4.88 Å². The van der Waals surface area contributed by atoms with Gasteiger partial charge in [-0.15, -0.1) is 11.3 Å². The van der Waals surface area contributed by atoms with Crippen LogP contribution >= 0.6 is 11.3 Å². The first-order valence-electron chi connectivity index (χ1n) is 5.76. The molecule has 2 aliphatic heterocycles. The van der Waals surface area contributed by atoms with E-state index < -0.39 is 0 Å². The zero-order valence-electron chi connectivity index (χ0n) is 9.06. The average Bonchev–Trinajstić information content (AvgIpc) is 2.97. The van der Waals surface area contributed by atoms with Crippen molar-refractivity contribution < 1.29 is 4.79 Å². The van der Waals surface area contributed by atoms with Gasteiger partial charge in [0.05, 0.1) is 11.7 Å². The lowest BCUT2D eigenvalue weighted by molar-refractivity contribution is 0.0790. The lowest BCUT2D eigenvalue weighted by atomic mass is 9.94. The van der Waals surface area contributed by atoms with Gasteiger partial charge in [0.25, 0.3) is 5.91 Å². The van der Waals surface area contributed by atoms with Gasteiger partial charge in [0.15, 0.2) is 0 Å². The number of piperidine rings is 1. The quantitative estimate of drug-likeness (QED) is 0.791. The summed E-state index contributed by atoms with van der Waals surface area (Å²) in [6.07, 6.45) is 4.16. The van der Waals surface area contributed by atoms with Crippen molar-refractivity contribution in [1.29, 1.82) is 0 Å². The van der Waals surface area contributed by atoms with E-state index in [9.17, 15) is 4.79 Å². The first kappa shape index (κ1) is 10.2. The van der Waals surface area contributed by atoms with E-state index in [1.807, 2.05) is 4.90 Å². The highest BCUT2D eigenvalue weighted by molar-refractivity contribution is 7.11. The number of aromatic nitrogens is 1. The largest absolute Gasteiger partial charge is 0.336 e. The molecule has 0 radical (unpaired) electrons. The Kier molecular flexibility index (Phi) is 2.65. The number of hydrogen-bond acceptors (Lipinski definition) is 4. The molecule has 0 aliphatic carbocycles. The fourth-order valence-corrected chi connectivity index (χ4v) is 3.28. The third-order valence-electron chi connectivity index (χ3n) is 3.53. The molecular weight excluding hydrogens is 222 g/mol. The maximum absolute atomic E-state index is 12.1. The molecule has 1 N–H and O–H groups in total. The van der Waals surface area contributed by atoms with Crippen LogP contribution in [0.15, 0.2) is 11.7 Å². The summed E-state index contributed by atoms with van der Waals surface area (Å²) in [5, 5.41) is 3.51. The summed E-state index contributed by atoms with van der Waals surface area (Å²) in [5.41, 5.74) is 1.72. The molecule has 16 heavy (non-hydrogen) atoms. The molecule has 4 nitrogen and oxygen atoms in total. The number of carbonyl (C=O) groups excluding carboxylic acids is 1. The van der Waals surface area contributed by atoms with Gasteiger partial charge in [0, 0.05) is 19.1 Å². The number of carbonyl (C=O) groups is 1. The minimum absolute atomic E-state index is 0.152. The third-order valence-corrected chi connectivity index (χ3v) is 4.29. The molecule has 1 aromatic rings. The van der Waals surface area contributed by atoms with E-state index in [0.29, 0.717) is 12.0 Å². The van der Waals surface area contributed by atoms with E-state index in [4.69, 9.17) is 0 Å². The Hall–Kier alpha value is -0.940. The number of nitrogens with one attached hydrogen (secondary N) is 1. The van der Waals surface area contributed by atoms with Gasteiger partial charge in [-0.2, -0.15) is 0 Å². The van der Waals surface area contributed by atoms with Crippen LogP contribution in [0.4, 0.5) is 0 Å². The van der Waals surface area contributed by atoms with E-state index in [1.165, 1.54) is 24.2 Å². The summed E-state index contributed by atoms with van der Waals surface area (Å²) in [7, 11) is 0. The smallest absolute Gasteiger partial charge is 0.265 e. The molecule has 2 saturated heterocycles. The molecule has 86 valence electrons. The summed E-state index contributed by atoms with van der Waals surface area (Å²) in [5.74, 6) is 0.810. The minimum atomic E-state index is 0.152. The van der Waals surface area contributed by atoms with E-state index >= 15 is 0 Å². The van der Waals surface area contributed by atoms with Crippen molar-refractivity contribution in [2.24, 2.45) is 5.92 Å². The molecule has 2 fully saturated rings. The fourth-order valence-electron chi connectivity index (χ4n) is 2.69. The molecule has 0 saturated carbocycles. The molecule has 5 heteroatoms. The maximum Gasteiger partial charge on any atom is 0.265 e. The average molecular weight is 237 g/mol. The van der Waals surface area contributed by atoms with Crippen LogP contribution in [0.2, 0.25) is 0 Å². The second-order valence-electron chi connectivity index (χ2n) is 4.54. The molecule has 1 aromatic heterocycles. The predicted molar refractivity (Wildman–Crippen MR) is 62.5 cm³/mol. The summed E-state index contributed by atoms with van der Waals surface area (Å²) >= 11 is 1.43. The van der Waals surface area contributed by atoms with Gasteiger partial charge >= 0.3 is 0 Å². The highest BCUT2D eigenvalue weighted by atomic mass is 32.1. The van der Waals surface area contributed by atoms with Crippen LogP contribution in [0.5, 0.6) is 0 Å². The molecule has 0 unspecified atom stereocenters. The zero-order chi connectivity index (χ0) is 11.0. The van der Waals surface area contributed by atoms with Crippen LogP contribution in [0.3, 0.4) is 0 Å². The van der Waals surface area contributed by atoms with Crippen LogP contribution in [0.25, 0.3) is 0 Å². The molecule has 0 spiro atoms. The fraction of sp³-hybridized carbons (Fsp3) is 0.636. The van der Waals surface area contributed by atoms with Gasteiger partial charge in [0.2, 0.25) is 0 Å². The maximum atomic E-state index is 12.1. The number of hydrogen-bond donors (Lipinski definition) is 1. The molecule has 3 heterocycles. The number of likely N-dealkylation sites (tertiary alicyclic amines) is 1. The Morgan fingerprint density at radius 1 is 1.56 bits per heavy atom. The Morgan fingerprint density at radius 2 is 2.50 bits per heavy atom. The Balaban J connectivity index is 1.71. The number of nitrogens with zero attached hydrogens (tertiary/aromatic N) is 2. The lowest BCUT2D eigenvalue weighted by Crippen LogP contribution is -2.41. The number of amides is 1. The third kappa shape index (κ3) is 1.74. The van der Waals surface area contributed by atoms with Crippen molar-refractivity contribution >= 4 is 17.2 Å². The molecule has 3 rings (SSSR count). The zero-order valence-corrected chi connectivity index (χ0v) is 9.87. The number of fused-ring (bicyclic) bond motifs is 1. The van der Waals surface area contributed by atoms with Crippen LogP contribution in [0.1, 0.15) is 22.5 Å². The highest BCUT2D eigenvalue weighted by Gasteiger charge is 2.36. The van der Waals surface area contributed by atoms with Crippen molar-refractivity contribution in [2.45, 2.75) is 18.9 Å². The Bertz CT molecular complexity index is 365. The molecule has 1 amide bonds. The highest BCUT2D eigenvalue weighted by Crippen LogP contribution is 2.26. The van der Waals surface area contributed by atoms with Crippen molar-refractivity contribution in [3.05, 3.63) is 16.6 Å². The molecule has 2 atom stereocenters. The van der Waals surface area contributed by atoms with Crippen molar-refractivity contribution in [2.75, 3.05) is 19.6 Å². The number of rotatable bonds is 1. The van der Waals surface area contributed by atoms with Crippen LogP contribution in [-0.2, 0) is 0 Å². The SMILES string of the molecule is O=C(c1cncs1)N1C[C@@H]2CCCN[C@@H]2C1. The normalized spacial score (nSPS) is 29.1. The summed E-state index contributed by atoms with van der Waals surface area (Å²) in [4.78, 5) is 18.8. The van der Waals surface area contributed by atoms with Gasteiger partial charge in [-0.25, -0.2) is 0 Å². The van der Waals surface area contributed by atoms with Crippen LogP contribution in [0, 0.1) is 5.92 Å². The second-order valence-corrected chi connectivity index (χ2v) is 5.43. The van der Waals surface area contributed by atoms with E-state index in [1.54, 1.807) is 11.7 Å². The van der Waals surface area contributed by atoms with Crippen LogP contribution < -0.4 is 5.32 Å². The van der Waals surface area contributed by atoms with Crippen molar-refractivity contribution in [3.63, 3.8) is 0 Å². The minimum Gasteiger partial charge on any atom is -0.336 e. The standard InChI is InChI=1S/C11H15N3OS/c15-11(10-4-12-7-16-10)14-5-8-2-1-3-13-9(8)6-14/h4,7-9,13H,1-3,5-6H2/t8-,9+/m0/s1.